The minimum absolute atomic E-state index is 0.192. The first-order chi connectivity index (χ1) is 8.29. The SMILES string of the molecule is OCCN(Cc1ccc(Cl)nn1)C1CCCC1. The van der Waals surface area contributed by atoms with E-state index in [0.29, 0.717) is 17.7 Å². The lowest BCUT2D eigenvalue weighted by atomic mass is 10.2. The molecule has 17 heavy (non-hydrogen) atoms. The van der Waals surface area contributed by atoms with E-state index < -0.39 is 0 Å². The quantitative estimate of drug-likeness (QED) is 0.873. The predicted octanol–water partition coefficient (Wildman–Crippen LogP) is 1.87. The highest BCUT2D eigenvalue weighted by molar-refractivity contribution is 6.29. The van der Waals surface area contributed by atoms with E-state index in [4.69, 9.17) is 16.7 Å². The van der Waals surface area contributed by atoms with Gasteiger partial charge in [0.15, 0.2) is 5.15 Å². The molecule has 0 saturated heterocycles. The van der Waals surface area contributed by atoms with Gasteiger partial charge >= 0.3 is 0 Å². The molecule has 1 heterocycles. The van der Waals surface area contributed by atoms with Crippen LogP contribution in [0.2, 0.25) is 5.15 Å². The average Bonchev–Trinajstić information content (AvgIpc) is 2.85. The highest BCUT2D eigenvalue weighted by atomic mass is 35.5. The fourth-order valence-corrected chi connectivity index (χ4v) is 2.53. The van der Waals surface area contributed by atoms with Crippen molar-refractivity contribution in [2.24, 2.45) is 0 Å². The number of hydrogen-bond acceptors (Lipinski definition) is 4. The number of hydrogen-bond donors (Lipinski definition) is 1. The first kappa shape index (κ1) is 12.7. The van der Waals surface area contributed by atoms with Gasteiger partial charge in [0, 0.05) is 19.1 Å². The van der Waals surface area contributed by atoms with Gasteiger partial charge in [0.2, 0.25) is 0 Å². The van der Waals surface area contributed by atoms with Gasteiger partial charge in [-0.15, -0.1) is 5.10 Å². The van der Waals surface area contributed by atoms with Crippen molar-refractivity contribution in [2.45, 2.75) is 38.3 Å². The van der Waals surface area contributed by atoms with Crippen molar-refractivity contribution in [1.82, 2.24) is 15.1 Å². The number of rotatable bonds is 5. The molecule has 0 atom stereocenters. The fraction of sp³-hybridized carbons (Fsp3) is 0.667. The number of aliphatic hydroxyl groups is 1. The van der Waals surface area contributed by atoms with Crippen LogP contribution in [0.4, 0.5) is 0 Å². The van der Waals surface area contributed by atoms with Gasteiger partial charge in [0.05, 0.1) is 12.3 Å². The molecule has 1 aromatic heterocycles. The highest BCUT2D eigenvalue weighted by Gasteiger charge is 2.22. The topological polar surface area (TPSA) is 49.2 Å². The fourth-order valence-electron chi connectivity index (χ4n) is 2.42. The summed E-state index contributed by atoms with van der Waals surface area (Å²) in [4.78, 5) is 2.30. The highest BCUT2D eigenvalue weighted by Crippen LogP contribution is 2.24. The van der Waals surface area contributed by atoms with Crippen molar-refractivity contribution >= 4 is 11.6 Å². The molecule has 1 aromatic rings. The van der Waals surface area contributed by atoms with Crippen LogP contribution in [0.5, 0.6) is 0 Å². The molecular formula is C12H18ClN3O. The lowest BCUT2D eigenvalue weighted by Gasteiger charge is -2.27. The number of halogens is 1. The Morgan fingerprint density at radius 2 is 2.06 bits per heavy atom. The van der Waals surface area contributed by atoms with Crippen molar-refractivity contribution in [3.63, 3.8) is 0 Å². The summed E-state index contributed by atoms with van der Waals surface area (Å²) in [6.45, 7) is 1.64. The van der Waals surface area contributed by atoms with E-state index in [9.17, 15) is 0 Å². The second kappa shape index (κ2) is 6.28. The first-order valence-electron chi connectivity index (χ1n) is 6.12. The second-order valence-corrected chi connectivity index (χ2v) is 4.87. The Labute approximate surface area is 107 Å². The largest absolute Gasteiger partial charge is 0.395 e. The molecule has 5 heteroatoms. The summed E-state index contributed by atoms with van der Waals surface area (Å²) in [5, 5.41) is 17.5. The van der Waals surface area contributed by atoms with Crippen LogP contribution in [0.25, 0.3) is 0 Å². The van der Waals surface area contributed by atoms with Crippen LogP contribution in [0.15, 0.2) is 12.1 Å². The molecule has 0 aromatic carbocycles. The minimum atomic E-state index is 0.192. The molecule has 0 unspecified atom stereocenters. The summed E-state index contributed by atoms with van der Waals surface area (Å²) in [7, 11) is 0. The van der Waals surface area contributed by atoms with E-state index in [2.05, 4.69) is 15.1 Å². The van der Waals surface area contributed by atoms with Crippen molar-refractivity contribution in [3.05, 3.63) is 23.0 Å². The maximum atomic E-state index is 9.12. The summed E-state index contributed by atoms with van der Waals surface area (Å²) < 4.78 is 0. The molecule has 0 spiro atoms. The van der Waals surface area contributed by atoms with Gasteiger partial charge < -0.3 is 5.11 Å². The zero-order chi connectivity index (χ0) is 12.1. The molecule has 0 amide bonds. The Kier molecular flexibility index (Phi) is 4.71. The number of nitrogens with zero attached hydrogens (tertiary/aromatic N) is 3. The van der Waals surface area contributed by atoms with E-state index in [1.54, 1.807) is 6.07 Å². The number of aliphatic hydroxyl groups excluding tert-OH is 1. The van der Waals surface area contributed by atoms with E-state index >= 15 is 0 Å². The van der Waals surface area contributed by atoms with Gasteiger partial charge in [0.1, 0.15) is 0 Å². The summed E-state index contributed by atoms with van der Waals surface area (Å²) in [5.74, 6) is 0. The lowest BCUT2D eigenvalue weighted by Crippen LogP contribution is -2.35. The molecule has 1 saturated carbocycles. The summed E-state index contributed by atoms with van der Waals surface area (Å²) in [6, 6.07) is 4.24. The molecule has 1 fully saturated rings. The Morgan fingerprint density at radius 1 is 1.29 bits per heavy atom. The zero-order valence-corrected chi connectivity index (χ0v) is 10.6. The van der Waals surface area contributed by atoms with E-state index in [1.807, 2.05) is 6.07 Å². The molecule has 0 radical (unpaired) electrons. The van der Waals surface area contributed by atoms with Gasteiger partial charge in [-0.3, -0.25) is 4.90 Å². The molecule has 0 bridgehead atoms. The molecule has 1 N–H and O–H groups in total. The van der Waals surface area contributed by atoms with Crippen LogP contribution in [0.1, 0.15) is 31.4 Å². The summed E-state index contributed by atoms with van der Waals surface area (Å²) in [6.07, 6.45) is 5.03. The zero-order valence-electron chi connectivity index (χ0n) is 9.85. The molecule has 2 rings (SSSR count). The van der Waals surface area contributed by atoms with Gasteiger partial charge in [-0.2, -0.15) is 5.10 Å². The van der Waals surface area contributed by atoms with Crippen molar-refractivity contribution in [3.8, 4) is 0 Å². The molecule has 1 aliphatic rings. The van der Waals surface area contributed by atoms with Crippen LogP contribution >= 0.6 is 11.6 Å². The van der Waals surface area contributed by atoms with Gasteiger partial charge in [0.25, 0.3) is 0 Å². The van der Waals surface area contributed by atoms with E-state index in [-0.39, 0.29) is 6.61 Å². The Balaban J connectivity index is 1.98. The molecule has 0 aliphatic heterocycles. The molecule has 1 aliphatic carbocycles. The van der Waals surface area contributed by atoms with Gasteiger partial charge in [-0.05, 0) is 25.0 Å². The smallest absolute Gasteiger partial charge is 0.151 e. The van der Waals surface area contributed by atoms with E-state index in [1.165, 1.54) is 25.7 Å². The molecule has 4 nitrogen and oxygen atoms in total. The normalized spacial score (nSPS) is 16.9. The maximum absolute atomic E-state index is 9.12. The van der Waals surface area contributed by atoms with Crippen molar-refractivity contribution in [1.29, 1.82) is 0 Å². The van der Waals surface area contributed by atoms with Crippen LogP contribution in [-0.4, -0.2) is 39.4 Å². The summed E-state index contributed by atoms with van der Waals surface area (Å²) >= 11 is 5.71. The van der Waals surface area contributed by atoms with Crippen LogP contribution in [-0.2, 0) is 6.54 Å². The standard InChI is InChI=1S/C12H18ClN3O/c13-12-6-5-10(14-15-12)9-16(7-8-17)11-3-1-2-4-11/h5-6,11,17H,1-4,7-9H2. The lowest BCUT2D eigenvalue weighted by molar-refractivity contribution is 0.143. The minimum Gasteiger partial charge on any atom is -0.395 e. The third kappa shape index (κ3) is 3.63. The van der Waals surface area contributed by atoms with Crippen LogP contribution in [0.3, 0.4) is 0 Å². The maximum Gasteiger partial charge on any atom is 0.151 e. The van der Waals surface area contributed by atoms with Crippen molar-refractivity contribution in [2.75, 3.05) is 13.2 Å². The average molecular weight is 256 g/mol. The predicted molar refractivity (Wildman–Crippen MR) is 66.8 cm³/mol. The second-order valence-electron chi connectivity index (χ2n) is 4.48. The molecular weight excluding hydrogens is 238 g/mol. The van der Waals surface area contributed by atoms with Crippen LogP contribution in [0, 0.1) is 0 Å². The van der Waals surface area contributed by atoms with Gasteiger partial charge in [-0.1, -0.05) is 24.4 Å². The molecule has 94 valence electrons. The third-order valence-electron chi connectivity index (χ3n) is 3.28. The van der Waals surface area contributed by atoms with Crippen LogP contribution < -0.4 is 0 Å². The Morgan fingerprint density at radius 3 is 2.65 bits per heavy atom. The Bertz CT molecular complexity index is 338. The third-order valence-corrected chi connectivity index (χ3v) is 3.48. The van der Waals surface area contributed by atoms with Gasteiger partial charge in [-0.25, -0.2) is 0 Å². The number of aromatic nitrogens is 2. The Hall–Kier alpha value is -0.710. The van der Waals surface area contributed by atoms with Crippen molar-refractivity contribution < 1.29 is 5.11 Å². The van der Waals surface area contributed by atoms with E-state index in [0.717, 1.165) is 12.2 Å². The monoisotopic (exact) mass is 255 g/mol. The summed E-state index contributed by atoms with van der Waals surface area (Å²) in [5.41, 5.74) is 0.912. The first-order valence-corrected chi connectivity index (χ1v) is 6.50.